The SMILES string of the molecule is COCCOCCCNC(=O)N1CCC[C@H]1C(=O)O. The number of likely N-dealkylation sites (tertiary alicyclic amines) is 1. The van der Waals surface area contributed by atoms with Gasteiger partial charge < -0.3 is 24.8 Å². The van der Waals surface area contributed by atoms with E-state index in [2.05, 4.69) is 5.32 Å². The lowest BCUT2D eigenvalue weighted by atomic mass is 10.2. The molecule has 0 aromatic rings. The minimum absolute atomic E-state index is 0.304. The van der Waals surface area contributed by atoms with Crippen molar-refractivity contribution in [1.82, 2.24) is 10.2 Å². The lowest BCUT2D eigenvalue weighted by Crippen LogP contribution is -2.46. The first kappa shape index (κ1) is 15.7. The minimum Gasteiger partial charge on any atom is -0.480 e. The molecule has 1 atom stereocenters. The summed E-state index contributed by atoms with van der Waals surface area (Å²) in [4.78, 5) is 24.1. The third-order valence-corrected chi connectivity index (χ3v) is 2.97. The normalized spacial score (nSPS) is 18.6. The van der Waals surface area contributed by atoms with E-state index in [-0.39, 0.29) is 6.03 Å². The summed E-state index contributed by atoms with van der Waals surface area (Å²) in [5, 5.41) is 11.7. The highest BCUT2D eigenvalue weighted by molar-refractivity contribution is 5.83. The smallest absolute Gasteiger partial charge is 0.326 e. The molecule has 0 spiro atoms. The van der Waals surface area contributed by atoms with Crippen molar-refractivity contribution in [1.29, 1.82) is 0 Å². The van der Waals surface area contributed by atoms with Crippen LogP contribution < -0.4 is 5.32 Å². The summed E-state index contributed by atoms with van der Waals surface area (Å²) >= 11 is 0. The highest BCUT2D eigenvalue weighted by Crippen LogP contribution is 2.17. The monoisotopic (exact) mass is 274 g/mol. The number of amides is 2. The molecule has 0 unspecified atom stereocenters. The number of urea groups is 1. The Labute approximate surface area is 112 Å². The molecule has 0 bridgehead atoms. The van der Waals surface area contributed by atoms with Crippen LogP contribution >= 0.6 is 0 Å². The van der Waals surface area contributed by atoms with Crippen LogP contribution in [0.2, 0.25) is 0 Å². The number of hydrogen-bond acceptors (Lipinski definition) is 4. The lowest BCUT2D eigenvalue weighted by molar-refractivity contribution is -0.141. The van der Waals surface area contributed by atoms with Gasteiger partial charge in [0.2, 0.25) is 0 Å². The molecule has 1 aliphatic heterocycles. The van der Waals surface area contributed by atoms with Crippen LogP contribution in [-0.4, -0.2) is 68.1 Å². The van der Waals surface area contributed by atoms with Crippen molar-refractivity contribution in [2.24, 2.45) is 0 Å². The topological polar surface area (TPSA) is 88.1 Å². The van der Waals surface area contributed by atoms with Gasteiger partial charge in [-0.3, -0.25) is 0 Å². The Balaban J connectivity index is 2.12. The van der Waals surface area contributed by atoms with Gasteiger partial charge in [-0.05, 0) is 19.3 Å². The van der Waals surface area contributed by atoms with E-state index in [4.69, 9.17) is 14.6 Å². The van der Waals surface area contributed by atoms with Gasteiger partial charge in [-0.2, -0.15) is 0 Å². The summed E-state index contributed by atoms with van der Waals surface area (Å²) in [7, 11) is 1.61. The van der Waals surface area contributed by atoms with Crippen LogP contribution in [0, 0.1) is 0 Å². The van der Waals surface area contributed by atoms with E-state index in [1.54, 1.807) is 7.11 Å². The van der Waals surface area contributed by atoms with Gasteiger partial charge in [0.25, 0.3) is 0 Å². The summed E-state index contributed by atoms with van der Waals surface area (Å²) < 4.78 is 10.1. The first-order valence-corrected chi connectivity index (χ1v) is 6.50. The molecule has 0 aliphatic carbocycles. The Morgan fingerprint density at radius 2 is 2.16 bits per heavy atom. The number of carboxylic acid groups (broad SMARTS) is 1. The number of carbonyl (C=O) groups excluding carboxylic acids is 1. The van der Waals surface area contributed by atoms with Crippen LogP contribution in [0.15, 0.2) is 0 Å². The van der Waals surface area contributed by atoms with Crippen molar-refractivity contribution >= 4 is 12.0 Å². The second-order valence-corrected chi connectivity index (χ2v) is 4.38. The van der Waals surface area contributed by atoms with Crippen LogP contribution in [0.4, 0.5) is 4.79 Å². The van der Waals surface area contributed by atoms with Crippen LogP contribution in [-0.2, 0) is 14.3 Å². The predicted octanol–water partition coefficient (Wildman–Crippen LogP) is 0.298. The van der Waals surface area contributed by atoms with Gasteiger partial charge in [-0.15, -0.1) is 0 Å². The number of hydrogen-bond donors (Lipinski definition) is 2. The Morgan fingerprint density at radius 3 is 2.84 bits per heavy atom. The zero-order chi connectivity index (χ0) is 14.1. The van der Waals surface area contributed by atoms with E-state index in [1.807, 2.05) is 0 Å². The molecule has 1 aliphatic rings. The molecule has 19 heavy (non-hydrogen) atoms. The minimum atomic E-state index is -0.935. The van der Waals surface area contributed by atoms with E-state index in [0.29, 0.717) is 45.8 Å². The number of methoxy groups -OCH3 is 1. The van der Waals surface area contributed by atoms with E-state index in [9.17, 15) is 9.59 Å². The molecule has 2 amide bonds. The average Bonchev–Trinajstić information content (AvgIpc) is 2.87. The van der Waals surface area contributed by atoms with Crippen molar-refractivity contribution in [3.8, 4) is 0 Å². The molecular formula is C12H22N2O5. The third kappa shape index (κ3) is 5.44. The van der Waals surface area contributed by atoms with Gasteiger partial charge in [0, 0.05) is 26.8 Å². The van der Waals surface area contributed by atoms with Crippen molar-refractivity contribution in [2.45, 2.75) is 25.3 Å². The number of aliphatic carboxylic acids is 1. The fraction of sp³-hybridized carbons (Fsp3) is 0.833. The van der Waals surface area contributed by atoms with E-state index >= 15 is 0 Å². The van der Waals surface area contributed by atoms with E-state index < -0.39 is 12.0 Å². The van der Waals surface area contributed by atoms with Crippen LogP contribution in [0.3, 0.4) is 0 Å². The standard InChI is InChI=1S/C12H22N2O5/c1-18-8-9-19-7-3-5-13-12(17)14-6-2-4-10(14)11(15)16/h10H,2-9H2,1H3,(H,13,17)(H,15,16)/t10-/m0/s1. The molecule has 7 heteroatoms. The molecule has 110 valence electrons. The van der Waals surface area contributed by atoms with Crippen LogP contribution in [0.1, 0.15) is 19.3 Å². The fourth-order valence-electron chi connectivity index (χ4n) is 1.98. The van der Waals surface area contributed by atoms with Gasteiger partial charge >= 0.3 is 12.0 Å². The number of nitrogens with zero attached hydrogens (tertiary/aromatic N) is 1. The summed E-state index contributed by atoms with van der Waals surface area (Å²) in [5.41, 5.74) is 0. The summed E-state index contributed by atoms with van der Waals surface area (Å²) in [6.45, 7) is 2.63. The second kappa shape index (κ2) is 8.71. The van der Waals surface area contributed by atoms with Crippen molar-refractivity contribution in [2.75, 3.05) is 40.0 Å². The van der Waals surface area contributed by atoms with Crippen molar-refractivity contribution in [3.05, 3.63) is 0 Å². The Bertz CT molecular complexity index is 298. The molecule has 1 heterocycles. The van der Waals surface area contributed by atoms with Crippen molar-refractivity contribution < 1.29 is 24.2 Å². The fourth-order valence-corrected chi connectivity index (χ4v) is 1.98. The zero-order valence-corrected chi connectivity index (χ0v) is 11.3. The summed E-state index contributed by atoms with van der Waals surface area (Å²) in [6.07, 6.45) is 1.97. The molecule has 0 aromatic carbocycles. The van der Waals surface area contributed by atoms with E-state index in [1.165, 1.54) is 4.90 Å². The van der Waals surface area contributed by atoms with Crippen LogP contribution in [0.25, 0.3) is 0 Å². The molecule has 7 nitrogen and oxygen atoms in total. The quantitative estimate of drug-likeness (QED) is 0.621. The number of carboxylic acids is 1. The number of nitrogens with one attached hydrogen (secondary N) is 1. The number of carbonyl (C=O) groups is 2. The van der Waals surface area contributed by atoms with Gasteiger partial charge in [0.1, 0.15) is 6.04 Å². The maximum Gasteiger partial charge on any atom is 0.326 e. The Kier molecular flexibility index (Phi) is 7.20. The second-order valence-electron chi connectivity index (χ2n) is 4.38. The first-order valence-electron chi connectivity index (χ1n) is 6.50. The molecule has 0 radical (unpaired) electrons. The maximum absolute atomic E-state index is 11.8. The van der Waals surface area contributed by atoms with Crippen LogP contribution in [0.5, 0.6) is 0 Å². The molecule has 1 fully saturated rings. The van der Waals surface area contributed by atoms with E-state index in [0.717, 1.165) is 6.42 Å². The molecule has 1 rings (SSSR count). The Morgan fingerprint density at radius 1 is 1.37 bits per heavy atom. The third-order valence-electron chi connectivity index (χ3n) is 2.97. The van der Waals surface area contributed by atoms with Gasteiger partial charge in [-0.1, -0.05) is 0 Å². The Hall–Kier alpha value is -1.34. The molecule has 2 N–H and O–H groups in total. The molecule has 0 saturated carbocycles. The highest BCUT2D eigenvalue weighted by Gasteiger charge is 2.33. The average molecular weight is 274 g/mol. The number of rotatable bonds is 8. The van der Waals surface area contributed by atoms with Gasteiger partial charge in [0.05, 0.1) is 13.2 Å². The summed E-state index contributed by atoms with van der Waals surface area (Å²) in [6, 6.07) is -0.986. The summed E-state index contributed by atoms with van der Waals surface area (Å²) in [5.74, 6) is -0.935. The molecule has 0 aromatic heterocycles. The molecule has 1 saturated heterocycles. The van der Waals surface area contributed by atoms with Crippen molar-refractivity contribution in [3.63, 3.8) is 0 Å². The van der Waals surface area contributed by atoms with Gasteiger partial charge in [-0.25, -0.2) is 9.59 Å². The predicted molar refractivity (Wildman–Crippen MR) is 68.1 cm³/mol. The first-order chi connectivity index (χ1) is 9.16. The largest absolute Gasteiger partial charge is 0.480 e. The zero-order valence-electron chi connectivity index (χ0n) is 11.3. The molecular weight excluding hydrogens is 252 g/mol. The maximum atomic E-state index is 11.8. The number of ether oxygens (including phenoxy) is 2. The lowest BCUT2D eigenvalue weighted by Gasteiger charge is -2.21. The van der Waals surface area contributed by atoms with Gasteiger partial charge in [0.15, 0.2) is 0 Å². The highest BCUT2D eigenvalue weighted by atomic mass is 16.5.